The normalized spacial score (nSPS) is 22.5. The lowest BCUT2D eigenvalue weighted by molar-refractivity contribution is 0.214. The minimum atomic E-state index is 0.172. The number of rotatable bonds is 2. The van der Waals surface area contributed by atoms with Crippen molar-refractivity contribution in [2.24, 2.45) is 0 Å². The zero-order valence-corrected chi connectivity index (χ0v) is 10.1. The third-order valence-electron chi connectivity index (χ3n) is 2.63. The molecule has 0 radical (unpaired) electrons. The fourth-order valence-electron chi connectivity index (χ4n) is 1.97. The highest BCUT2D eigenvalue weighted by atomic mass is 15.2. The van der Waals surface area contributed by atoms with Gasteiger partial charge in [-0.3, -0.25) is 0 Å². The van der Waals surface area contributed by atoms with Gasteiger partial charge < -0.3 is 4.90 Å². The summed E-state index contributed by atoms with van der Waals surface area (Å²) in [5.41, 5.74) is 2.82. The average molecular weight is 203 g/mol. The van der Waals surface area contributed by atoms with Crippen molar-refractivity contribution >= 4 is 0 Å². The van der Waals surface area contributed by atoms with Crippen LogP contribution in [-0.2, 0) is 0 Å². The smallest absolute Gasteiger partial charge is 0.0403 e. The molecule has 0 bridgehead atoms. The van der Waals surface area contributed by atoms with Gasteiger partial charge in [-0.25, -0.2) is 0 Å². The highest BCUT2D eigenvalue weighted by Gasteiger charge is 2.29. The first-order valence-electron chi connectivity index (χ1n) is 5.43. The van der Waals surface area contributed by atoms with Gasteiger partial charge in [-0.05, 0) is 38.8 Å². The molecule has 0 aromatic rings. The van der Waals surface area contributed by atoms with Crippen LogP contribution in [0.25, 0.3) is 0 Å². The zero-order chi connectivity index (χ0) is 11.5. The van der Waals surface area contributed by atoms with Crippen LogP contribution in [0.3, 0.4) is 0 Å². The minimum Gasteiger partial charge on any atom is -0.366 e. The van der Waals surface area contributed by atoms with Crippen molar-refractivity contribution in [1.82, 2.24) is 4.90 Å². The van der Waals surface area contributed by atoms with Gasteiger partial charge in [0.25, 0.3) is 0 Å². The molecule has 0 unspecified atom stereocenters. The van der Waals surface area contributed by atoms with Crippen LogP contribution in [0, 0.1) is 0 Å². The van der Waals surface area contributed by atoms with Gasteiger partial charge in [0.2, 0.25) is 0 Å². The third kappa shape index (κ3) is 2.62. The lowest BCUT2D eigenvalue weighted by Crippen LogP contribution is -2.37. The molecule has 15 heavy (non-hydrogen) atoms. The number of hydrogen-bond acceptors (Lipinski definition) is 1. The van der Waals surface area contributed by atoms with Crippen LogP contribution in [0.5, 0.6) is 0 Å². The quantitative estimate of drug-likeness (QED) is 0.662. The van der Waals surface area contributed by atoms with Crippen LogP contribution in [0.15, 0.2) is 48.7 Å². The molecule has 1 aliphatic rings. The Hall–Kier alpha value is -1.24. The van der Waals surface area contributed by atoms with E-state index >= 15 is 0 Å². The van der Waals surface area contributed by atoms with Crippen molar-refractivity contribution in [3.05, 3.63) is 48.7 Å². The number of hydrogen-bond donors (Lipinski definition) is 0. The van der Waals surface area contributed by atoms with Gasteiger partial charge in [-0.15, -0.1) is 0 Å². The Morgan fingerprint density at radius 2 is 1.73 bits per heavy atom. The summed E-state index contributed by atoms with van der Waals surface area (Å²) in [6.45, 7) is 15.3. The highest BCUT2D eigenvalue weighted by molar-refractivity contribution is 5.39. The lowest BCUT2D eigenvalue weighted by atomic mass is 10.1. The molecule has 0 N–H and O–H groups in total. The van der Waals surface area contributed by atoms with Crippen molar-refractivity contribution in [2.75, 3.05) is 6.54 Å². The Kier molecular flexibility index (Phi) is 3.57. The number of likely N-dealkylation sites (tertiary alicyclic amines) is 1. The van der Waals surface area contributed by atoms with Gasteiger partial charge >= 0.3 is 0 Å². The van der Waals surface area contributed by atoms with Gasteiger partial charge in [0.1, 0.15) is 0 Å². The number of nitrogens with zero attached hydrogens (tertiary/aromatic N) is 1. The summed E-state index contributed by atoms with van der Waals surface area (Å²) in [6, 6.07) is 0. The summed E-state index contributed by atoms with van der Waals surface area (Å²) in [7, 11) is 0. The summed E-state index contributed by atoms with van der Waals surface area (Å²) in [5.74, 6) is 0. The largest absolute Gasteiger partial charge is 0.366 e. The van der Waals surface area contributed by atoms with Crippen LogP contribution >= 0.6 is 0 Å². The van der Waals surface area contributed by atoms with Gasteiger partial charge in [0, 0.05) is 17.8 Å². The Morgan fingerprint density at radius 3 is 2.20 bits per heavy atom. The monoisotopic (exact) mass is 203 g/mol. The van der Waals surface area contributed by atoms with E-state index in [0.29, 0.717) is 0 Å². The molecule has 1 heteroatoms. The van der Waals surface area contributed by atoms with Crippen LogP contribution in [0.1, 0.15) is 27.2 Å². The van der Waals surface area contributed by atoms with Crippen molar-refractivity contribution in [3.8, 4) is 0 Å². The predicted molar refractivity (Wildman–Crippen MR) is 67.6 cm³/mol. The number of allylic oxidation sites excluding steroid dienone is 5. The van der Waals surface area contributed by atoms with Gasteiger partial charge in [0.15, 0.2) is 0 Å². The fraction of sp³-hybridized carbons (Fsp3) is 0.429. The Labute approximate surface area is 93.5 Å². The predicted octanol–water partition coefficient (Wildman–Crippen LogP) is 3.67. The average Bonchev–Trinajstić information content (AvgIpc) is 2.49. The molecule has 0 saturated carbocycles. The van der Waals surface area contributed by atoms with Crippen LogP contribution in [0.2, 0.25) is 0 Å². The molecule has 1 saturated heterocycles. The molecule has 1 aliphatic heterocycles. The first-order valence-corrected chi connectivity index (χ1v) is 5.43. The van der Waals surface area contributed by atoms with Crippen LogP contribution in [0.4, 0.5) is 0 Å². The lowest BCUT2D eigenvalue weighted by Gasteiger charge is -2.34. The maximum absolute atomic E-state index is 3.78. The van der Waals surface area contributed by atoms with Gasteiger partial charge in [-0.2, -0.15) is 0 Å². The molecule has 1 nitrogen and oxygen atoms in total. The van der Waals surface area contributed by atoms with Crippen LogP contribution in [-0.4, -0.2) is 17.0 Å². The maximum atomic E-state index is 3.78. The molecule has 1 heterocycles. The molecule has 0 aromatic heterocycles. The van der Waals surface area contributed by atoms with Crippen molar-refractivity contribution in [3.63, 3.8) is 0 Å². The van der Waals surface area contributed by atoms with E-state index in [1.54, 1.807) is 0 Å². The van der Waals surface area contributed by atoms with E-state index in [1.165, 1.54) is 11.3 Å². The molecule has 0 spiro atoms. The van der Waals surface area contributed by atoms with E-state index in [9.17, 15) is 0 Å². The summed E-state index contributed by atoms with van der Waals surface area (Å²) in [6.07, 6.45) is 9.01. The van der Waals surface area contributed by atoms with E-state index in [4.69, 9.17) is 0 Å². The van der Waals surface area contributed by atoms with Gasteiger partial charge in [0.05, 0.1) is 0 Å². The Morgan fingerprint density at radius 1 is 1.13 bits per heavy atom. The molecule has 0 atom stereocenters. The molecule has 1 fully saturated rings. The second kappa shape index (κ2) is 4.52. The van der Waals surface area contributed by atoms with E-state index in [0.717, 1.165) is 13.0 Å². The van der Waals surface area contributed by atoms with Gasteiger partial charge in [-0.1, -0.05) is 31.4 Å². The molecular weight excluding hydrogens is 182 g/mol. The first-order chi connectivity index (χ1) is 7.00. The topological polar surface area (TPSA) is 3.24 Å². The third-order valence-corrected chi connectivity index (χ3v) is 2.63. The minimum absolute atomic E-state index is 0.172. The highest BCUT2D eigenvalue weighted by Crippen LogP contribution is 2.33. The Bertz CT molecular complexity index is 313. The van der Waals surface area contributed by atoms with E-state index < -0.39 is 0 Å². The Balaban J connectivity index is 3.05. The zero-order valence-electron chi connectivity index (χ0n) is 10.1. The maximum Gasteiger partial charge on any atom is 0.0403 e. The summed E-state index contributed by atoms with van der Waals surface area (Å²) in [4.78, 5) is 2.42. The molecular formula is C14H21N. The SMILES string of the molecule is C=C/C=C1/CCN(C(C)(C)C)/C1=C/C=C. The summed E-state index contributed by atoms with van der Waals surface area (Å²) in [5, 5.41) is 0. The molecule has 0 aliphatic carbocycles. The fourth-order valence-corrected chi connectivity index (χ4v) is 1.97. The van der Waals surface area contributed by atoms with Crippen LogP contribution < -0.4 is 0 Å². The standard InChI is InChI=1S/C14H21N/c1-6-8-12-10-11-15(14(3,4)5)13(12)9-7-2/h6-9H,1-2,10-11H2,3-5H3/b12-8-,13-9+. The molecule has 0 aromatic carbocycles. The van der Waals surface area contributed by atoms with Crippen molar-refractivity contribution in [1.29, 1.82) is 0 Å². The molecule has 0 amide bonds. The van der Waals surface area contributed by atoms with E-state index in [-0.39, 0.29) is 5.54 Å². The van der Waals surface area contributed by atoms with Crippen molar-refractivity contribution < 1.29 is 0 Å². The summed E-state index contributed by atoms with van der Waals surface area (Å²) >= 11 is 0. The molecule has 82 valence electrons. The van der Waals surface area contributed by atoms with Crippen molar-refractivity contribution in [2.45, 2.75) is 32.7 Å². The second-order valence-corrected chi connectivity index (χ2v) is 4.79. The summed E-state index contributed by atoms with van der Waals surface area (Å²) < 4.78 is 0. The second-order valence-electron chi connectivity index (χ2n) is 4.79. The molecule has 1 rings (SSSR count). The first kappa shape index (κ1) is 11.8. The van der Waals surface area contributed by atoms with E-state index in [2.05, 4.69) is 51.0 Å². The van der Waals surface area contributed by atoms with E-state index in [1.807, 2.05) is 12.2 Å².